The number of aromatic nitrogens is 3. The number of benzene rings is 1. The highest BCUT2D eigenvalue weighted by Gasteiger charge is 2.29. The van der Waals surface area contributed by atoms with Crippen LogP contribution in [0.15, 0.2) is 41.3 Å². The van der Waals surface area contributed by atoms with Gasteiger partial charge in [0.2, 0.25) is 11.9 Å². The van der Waals surface area contributed by atoms with Crippen LogP contribution in [0.4, 0.5) is 5.95 Å². The number of piperidine rings is 1. The van der Waals surface area contributed by atoms with Crippen LogP contribution in [0.1, 0.15) is 37.8 Å². The molecule has 1 amide bonds. The number of nitrogens with one attached hydrogen (secondary N) is 2. The molecule has 0 saturated carbocycles. The third-order valence-corrected chi connectivity index (χ3v) is 6.85. The van der Waals surface area contributed by atoms with E-state index in [0.717, 1.165) is 48.9 Å². The summed E-state index contributed by atoms with van der Waals surface area (Å²) in [5.74, 6) is 0.584. The van der Waals surface area contributed by atoms with E-state index in [4.69, 9.17) is 4.98 Å². The number of pyridine rings is 1. The van der Waals surface area contributed by atoms with Gasteiger partial charge < -0.3 is 15.5 Å². The summed E-state index contributed by atoms with van der Waals surface area (Å²) >= 11 is 0. The van der Waals surface area contributed by atoms with E-state index < -0.39 is 0 Å². The summed E-state index contributed by atoms with van der Waals surface area (Å²) < 4.78 is 1.80. The van der Waals surface area contributed by atoms with Crippen LogP contribution in [0.3, 0.4) is 0 Å². The van der Waals surface area contributed by atoms with Crippen LogP contribution < -0.4 is 16.2 Å². The van der Waals surface area contributed by atoms with E-state index in [1.165, 1.54) is 0 Å². The van der Waals surface area contributed by atoms with Crippen molar-refractivity contribution in [1.82, 2.24) is 24.8 Å². The van der Waals surface area contributed by atoms with E-state index in [-0.39, 0.29) is 17.5 Å². The summed E-state index contributed by atoms with van der Waals surface area (Å²) in [6.07, 6.45) is 4.56. The monoisotopic (exact) mass is 446 g/mol. The molecule has 2 fully saturated rings. The first kappa shape index (κ1) is 21.6. The highest BCUT2D eigenvalue weighted by Crippen LogP contribution is 2.28. The molecule has 0 radical (unpaired) electrons. The van der Waals surface area contributed by atoms with Crippen LogP contribution in [-0.2, 0) is 4.79 Å². The lowest BCUT2D eigenvalue weighted by molar-refractivity contribution is -0.127. The van der Waals surface area contributed by atoms with E-state index in [9.17, 15) is 9.59 Å². The van der Waals surface area contributed by atoms with E-state index in [2.05, 4.69) is 15.6 Å². The average Bonchev–Trinajstić information content (AvgIpc) is 3.30. The molecule has 2 N–H and O–H groups in total. The molecule has 2 aromatic heterocycles. The van der Waals surface area contributed by atoms with Crippen molar-refractivity contribution in [1.29, 1.82) is 0 Å². The Bertz CT molecular complexity index is 1250. The fourth-order valence-corrected chi connectivity index (χ4v) is 4.98. The zero-order valence-corrected chi connectivity index (χ0v) is 19.2. The molecule has 0 bridgehead atoms. The van der Waals surface area contributed by atoms with Crippen molar-refractivity contribution in [2.45, 2.75) is 45.2 Å². The predicted octanol–water partition coefficient (Wildman–Crippen LogP) is 2.72. The van der Waals surface area contributed by atoms with Gasteiger partial charge in [0.15, 0.2) is 0 Å². The van der Waals surface area contributed by atoms with Crippen molar-refractivity contribution in [2.24, 2.45) is 0 Å². The number of likely N-dealkylation sites (tertiary alicyclic amines) is 1. The van der Waals surface area contributed by atoms with Crippen molar-refractivity contribution in [3.8, 4) is 11.1 Å². The number of carbonyl (C=O) groups is 1. The van der Waals surface area contributed by atoms with Crippen molar-refractivity contribution in [2.75, 3.05) is 31.5 Å². The number of amides is 1. The quantitative estimate of drug-likeness (QED) is 0.640. The molecule has 1 aromatic carbocycles. The molecule has 0 unspecified atom stereocenters. The molecule has 4 heterocycles. The van der Waals surface area contributed by atoms with Crippen LogP contribution in [0, 0.1) is 6.92 Å². The van der Waals surface area contributed by atoms with Crippen LogP contribution in [0.25, 0.3) is 22.2 Å². The summed E-state index contributed by atoms with van der Waals surface area (Å²) in [5, 5.41) is 7.64. The van der Waals surface area contributed by atoms with Crippen molar-refractivity contribution in [3.05, 3.63) is 52.4 Å². The molecule has 2 saturated heterocycles. The first-order valence-corrected chi connectivity index (χ1v) is 11.7. The molecule has 33 heavy (non-hydrogen) atoms. The second-order valence-electron chi connectivity index (χ2n) is 9.10. The molecule has 3 aromatic rings. The number of fused-ring (bicyclic) bond motifs is 1. The third-order valence-electron chi connectivity index (χ3n) is 6.85. The van der Waals surface area contributed by atoms with E-state index in [0.29, 0.717) is 36.3 Å². The van der Waals surface area contributed by atoms with Gasteiger partial charge in [0.05, 0.1) is 6.04 Å². The summed E-state index contributed by atoms with van der Waals surface area (Å²) in [6.45, 7) is 6.70. The van der Waals surface area contributed by atoms with Crippen LogP contribution >= 0.6 is 0 Å². The number of nitrogens with zero attached hydrogens (tertiary/aromatic N) is 4. The second-order valence-corrected chi connectivity index (χ2v) is 9.10. The molecule has 8 nitrogen and oxygen atoms in total. The molecular weight excluding hydrogens is 416 g/mol. The van der Waals surface area contributed by atoms with Crippen LogP contribution in [0.2, 0.25) is 0 Å². The van der Waals surface area contributed by atoms with Crippen LogP contribution in [-0.4, -0.2) is 57.6 Å². The lowest BCUT2D eigenvalue weighted by Crippen LogP contribution is -2.36. The Labute approximate surface area is 193 Å². The number of aryl methyl sites for hydroxylation is 1. The minimum atomic E-state index is -0.116. The summed E-state index contributed by atoms with van der Waals surface area (Å²) in [7, 11) is 0. The summed E-state index contributed by atoms with van der Waals surface area (Å²) in [4.78, 5) is 37.0. The Morgan fingerprint density at radius 2 is 1.94 bits per heavy atom. The van der Waals surface area contributed by atoms with Gasteiger partial charge in [-0.25, -0.2) is 4.98 Å². The van der Waals surface area contributed by atoms with Crippen molar-refractivity contribution < 1.29 is 4.79 Å². The molecule has 172 valence electrons. The molecule has 2 aliphatic rings. The highest BCUT2D eigenvalue weighted by molar-refractivity contribution is 5.82. The first-order valence-electron chi connectivity index (χ1n) is 11.7. The lowest BCUT2D eigenvalue weighted by atomic mass is 10.0. The Morgan fingerprint density at radius 3 is 2.67 bits per heavy atom. The van der Waals surface area contributed by atoms with Crippen molar-refractivity contribution >= 4 is 22.9 Å². The molecular formula is C25H30N6O2. The molecule has 0 spiro atoms. The number of carbonyl (C=O) groups excluding carboxylic acids is 1. The highest BCUT2D eigenvalue weighted by atomic mass is 16.2. The number of hydrogen-bond donors (Lipinski definition) is 2. The van der Waals surface area contributed by atoms with Gasteiger partial charge in [-0.15, -0.1) is 0 Å². The first-order chi connectivity index (χ1) is 16.0. The van der Waals surface area contributed by atoms with E-state index in [1.54, 1.807) is 22.6 Å². The predicted molar refractivity (Wildman–Crippen MR) is 129 cm³/mol. The largest absolute Gasteiger partial charge is 0.351 e. The Balaban J connectivity index is 1.63. The van der Waals surface area contributed by atoms with Gasteiger partial charge in [0.1, 0.15) is 5.65 Å². The molecule has 5 rings (SSSR count). The zero-order chi connectivity index (χ0) is 22.9. The standard InChI is InChI=1S/C25H30N6O2/c1-16-5-3-4-6-21(16)22-13-18-14-27-25(28-19-7-10-26-11-8-19)29-23(18)31(24(22)33)20-9-12-30(15-20)17(2)32/h3-6,13-14,19-20,26H,7-12,15H2,1-2H3,(H,27,28,29)/t20-/m0/s1. The minimum absolute atomic E-state index is 0.0350. The maximum Gasteiger partial charge on any atom is 0.260 e. The maximum atomic E-state index is 13.9. The average molecular weight is 447 g/mol. The fraction of sp³-hybridized carbons (Fsp3) is 0.440. The Kier molecular flexibility index (Phi) is 5.85. The fourth-order valence-electron chi connectivity index (χ4n) is 4.98. The number of hydrogen-bond acceptors (Lipinski definition) is 6. The Morgan fingerprint density at radius 1 is 1.15 bits per heavy atom. The molecule has 8 heteroatoms. The summed E-state index contributed by atoms with van der Waals surface area (Å²) in [5.41, 5.74) is 3.15. The van der Waals surface area contributed by atoms with Gasteiger partial charge in [0, 0.05) is 43.2 Å². The van der Waals surface area contributed by atoms with Gasteiger partial charge in [-0.2, -0.15) is 4.98 Å². The topological polar surface area (TPSA) is 92.2 Å². The Hall–Kier alpha value is -3.26. The van der Waals surface area contributed by atoms with Gasteiger partial charge >= 0.3 is 0 Å². The number of rotatable bonds is 4. The van der Waals surface area contributed by atoms with Crippen molar-refractivity contribution in [3.63, 3.8) is 0 Å². The van der Waals surface area contributed by atoms with E-state index in [1.807, 2.05) is 37.3 Å². The second kappa shape index (κ2) is 8.94. The lowest BCUT2D eigenvalue weighted by Gasteiger charge is -2.24. The van der Waals surface area contributed by atoms with Gasteiger partial charge in [0.25, 0.3) is 5.56 Å². The molecule has 0 aliphatic carbocycles. The number of anilines is 1. The normalized spacial score (nSPS) is 19.2. The molecule has 2 aliphatic heterocycles. The smallest absolute Gasteiger partial charge is 0.260 e. The van der Waals surface area contributed by atoms with Gasteiger partial charge in [-0.05, 0) is 56.5 Å². The van der Waals surface area contributed by atoms with Gasteiger partial charge in [-0.3, -0.25) is 14.2 Å². The van der Waals surface area contributed by atoms with Crippen LogP contribution in [0.5, 0.6) is 0 Å². The zero-order valence-electron chi connectivity index (χ0n) is 19.2. The third kappa shape index (κ3) is 4.23. The molecule has 1 atom stereocenters. The maximum absolute atomic E-state index is 13.9. The van der Waals surface area contributed by atoms with E-state index >= 15 is 0 Å². The SMILES string of the molecule is CC(=O)N1CC[C@H](n2c(=O)c(-c3ccccc3C)cc3cnc(NC4CCNCC4)nc32)C1. The van der Waals surface area contributed by atoms with Gasteiger partial charge in [-0.1, -0.05) is 24.3 Å². The minimum Gasteiger partial charge on any atom is -0.351 e. The summed E-state index contributed by atoms with van der Waals surface area (Å²) in [6, 6.07) is 10.0.